The minimum absolute atomic E-state index is 0.690. The monoisotopic (exact) mass is 168 g/mol. The van der Waals surface area contributed by atoms with E-state index in [0.29, 0.717) is 6.04 Å². The zero-order chi connectivity index (χ0) is 8.81. The normalized spacial score (nSPS) is 22.5. The lowest BCUT2D eigenvalue weighted by atomic mass is 9.83. The van der Waals surface area contributed by atoms with Crippen LogP contribution in [0.15, 0.2) is 0 Å². The minimum atomic E-state index is 0.690. The molecule has 0 aromatic carbocycles. The summed E-state index contributed by atoms with van der Waals surface area (Å²) in [5.74, 6) is 0.913. The molecule has 1 nitrogen and oxygen atoms in total. The molecule has 0 bridgehead atoms. The van der Waals surface area contributed by atoms with Crippen LogP contribution < -0.4 is 5.32 Å². The first-order chi connectivity index (χ1) is 5.88. The summed E-state index contributed by atoms with van der Waals surface area (Å²) < 4.78 is 0. The van der Waals surface area contributed by atoms with Crippen LogP contribution in [0.25, 0.3) is 0 Å². The first-order valence-corrected chi connectivity index (χ1v) is 5.41. The highest BCUT2D eigenvalue weighted by Gasteiger charge is 2.20. The SMILES string of the molecule is [CH2]CC(NCC)C1CCCCC1. The number of nitrogens with one attached hydrogen (secondary N) is 1. The van der Waals surface area contributed by atoms with Gasteiger partial charge in [0, 0.05) is 6.04 Å². The molecular weight excluding hydrogens is 146 g/mol. The van der Waals surface area contributed by atoms with E-state index >= 15 is 0 Å². The summed E-state index contributed by atoms with van der Waals surface area (Å²) in [5, 5.41) is 3.54. The van der Waals surface area contributed by atoms with Gasteiger partial charge in [0.15, 0.2) is 0 Å². The van der Waals surface area contributed by atoms with Crippen LogP contribution in [0.1, 0.15) is 45.4 Å². The van der Waals surface area contributed by atoms with Gasteiger partial charge in [-0.1, -0.05) is 33.1 Å². The Morgan fingerprint density at radius 1 is 1.33 bits per heavy atom. The molecule has 1 N–H and O–H groups in total. The average molecular weight is 168 g/mol. The van der Waals surface area contributed by atoms with Crippen LogP contribution in [-0.2, 0) is 0 Å². The van der Waals surface area contributed by atoms with Crippen molar-refractivity contribution in [3.05, 3.63) is 6.92 Å². The Hall–Kier alpha value is -0.0400. The van der Waals surface area contributed by atoms with E-state index in [4.69, 9.17) is 0 Å². The van der Waals surface area contributed by atoms with Gasteiger partial charge in [-0.05, 0) is 31.7 Å². The van der Waals surface area contributed by atoms with Crippen LogP contribution in [0.4, 0.5) is 0 Å². The van der Waals surface area contributed by atoms with E-state index in [1.54, 1.807) is 0 Å². The van der Waals surface area contributed by atoms with Gasteiger partial charge in [-0.15, -0.1) is 0 Å². The number of hydrogen-bond acceptors (Lipinski definition) is 1. The molecular formula is C11H22N. The third-order valence-corrected chi connectivity index (χ3v) is 3.00. The van der Waals surface area contributed by atoms with Crippen LogP contribution in [0, 0.1) is 12.8 Å². The first kappa shape index (κ1) is 10.0. The molecule has 0 aromatic rings. The molecule has 0 amide bonds. The van der Waals surface area contributed by atoms with Crippen molar-refractivity contribution >= 4 is 0 Å². The Morgan fingerprint density at radius 3 is 2.50 bits per heavy atom. The van der Waals surface area contributed by atoms with E-state index < -0.39 is 0 Å². The molecule has 71 valence electrons. The van der Waals surface area contributed by atoms with Crippen molar-refractivity contribution in [3.8, 4) is 0 Å². The van der Waals surface area contributed by atoms with E-state index in [0.717, 1.165) is 18.9 Å². The second kappa shape index (κ2) is 5.58. The Morgan fingerprint density at radius 2 is 2.00 bits per heavy atom. The maximum absolute atomic E-state index is 4.02. The van der Waals surface area contributed by atoms with Crippen molar-refractivity contribution in [1.29, 1.82) is 0 Å². The zero-order valence-corrected chi connectivity index (χ0v) is 8.31. The van der Waals surface area contributed by atoms with Gasteiger partial charge in [0.05, 0.1) is 0 Å². The van der Waals surface area contributed by atoms with Gasteiger partial charge < -0.3 is 5.32 Å². The second-order valence-electron chi connectivity index (χ2n) is 3.85. The molecule has 1 aliphatic rings. The predicted octanol–water partition coefficient (Wildman–Crippen LogP) is 2.77. The molecule has 12 heavy (non-hydrogen) atoms. The Bertz CT molecular complexity index is 103. The van der Waals surface area contributed by atoms with Crippen LogP contribution >= 0.6 is 0 Å². The quantitative estimate of drug-likeness (QED) is 0.680. The van der Waals surface area contributed by atoms with E-state index in [-0.39, 0.29) is 0 Å². The number of rotatable bonds is 4. The molecule has 1 heteroatoms. The summed E-state index contributed by atoms with van der Waals surface area (Å²) in [5.41, 5.74) is 0. The summed E-state index contributed by atoms with van der Waals surface area (Å²) in [6.45, 7) is 7.30. The molecule has 1 radical (unpaired) electrons. The second-order valence-corrected chi connectivity index (χ2v) is 3.85. The van der Waals surface area contributed by atoms with Crippen molar-refractivity contribution in [2.24, 2.45) is 5.92 Å². The highest BCUT2D eigenvalue weighted by atomic mass is 14.9. The van der Waals surface area contributed by atoms with E-state index in [1.165, 1.54) is 32.1 Å². The van der Waals surface area contributed by atoms with Gasteiger partial charge >= 0.3 is 0 Å². The van der Waals surface area contributed by atoms with E-state index in [1.807, 2.05) is 0 Å². The highest BCUT2D eigenvalue weighted by Crippen LogP contribution is 2.27. The zero-order valence-electron chi connectivity index (χ0n) is 8.31. The van der Waals surface area contributed by atoms with Gasteiger partial charge in [0.2, 0.25) is 0 Å². The van der Waals surface area contributed by atoms with Crippen molar-refractivity contribution < 1.29 is 0 Å². The molecule has 0 saturated heterocycles. The number of hydrogen-bond donors (Lipinski definition) is 1. The molecule has 1 atom stereocenters. The third kappa shape index (κ3) is 2.78. The van der Waals surface area contributed by atoms with Crippen molar-refractivity contribution in [3.63, 3.8) is 0 Å². The maximum atomic E-state index is 4.02. The summed E-state index contributed by atoms with van der Waals surface area (Å²) >= 11 is 0. The van der Waals surface area contributed by atoms with Gasteiger partial charge in [0.1, 0.15) is 0 Å². The fourth-order valence-electron chi connectivity index (χ4n) is 2.30. The smallest absolute Gasteiger partial charge is 0.00952 e. The topological polar surface area (TPSA) is 12.0 Å². The summed E-state index contributed by atoms with van der Waals surface area (Å²) in [6, 6.07) is 0.690. The maximum Gasteiger partial charge on any atom is 0.00952 e. The molecule has 0 spiro atoms. The molecule has 1 fully saturated rings. The molecule has 0 heterocycles. The first-order valence-electron chi connectivity index (χ1n) is 5.41. The van der Waals surface area contributed by atoms with E-state index in [2.05, 4.69) is 19.2 Å². The average Bonchev–Trinajstić information content (AvgIpc) is 2.15. The summed E-state index contributed by atoms with van der Waals surface area (Å²) in [6.07, 6.45) is 8.23. The fraction of sp³-hybridized carbons (Fsp3) is 0.909. The molecule has 1 rings (SSSR count). The molecule has 1 aliphatic carbocycles. The third-order valence-electron chi connectivity index (χ3n) is 3.00. The standard InChI is InChI=1S/C11H22N/c1-3-11(12-4-2)10-8-6-5-7-9-10/h10-12H,1,3-9H2,2H3. The predicted molar refractivity (Wildman–Crippen MR) is 54.0 cm³/mol. The van der Waals surface area contributed by atoms with Crippen LogP contribution in [0.2, 0.25) is 0 Å². The largest absolute Gasteiger partial charge is 0.314 e. The molecule has 1 saturated carbocycles. The van der Waals surface area contributed by atoms with Gasteiger partial charge in [0.25, 0.3) is 0 Å². The Labute approximate surface area is 76.9 Å². The van der Waals surface area contributed by atoms with E-state index in [9.17, 15) is 0 Å². The minimum Gasteiger partial charge on any atom is -0.314 e. The summed E-state index contributed by atoms with van der Waals surface area (Å²) in [7, 11) is 0. The van der Waals surface area contributed by atoms with Crippen LogP contribution in [0.3, 0.4) is 0 Å². The van der Waals surface area contributed by atoms with Crippen LogP contribution in [0.5, 0.6) is 0 Å². The molecule has 1 unspecified atom stereocenters. The molecule has 0 aliphatic heterocycles. The lowest BCUT2D eigenvalue weighted by Crippen LogP contribution is -2.36. The van der Waals surface area contributed by atoms with Gasteiger partial charge in [-0.2, -0.15) is 0 Å². The van der Waals surface area contributed by atoms with Crippen molar-refractivity contribution in [2.45, 2.75) is 51.5 Å². The van der Waals surface area contributed by atoms with Gasteiger partial charge in [-0.3, -0.25) is 0 Å². The molecule has 0 aromatic heterocycles. The Kier molecular flexibility index (Phi) is 4.67. The lowest BCUT2D eigenvalue weighted by molar-refractivity contribution is 0.271. The fourth-order valence-corrected chi connectivity index (χ4v) is 2.30. The van der Waals surface area contributed by atoms with Crippen LogP contribution in [-0.4, -0.2) is 12.6 Å². The Balaban J connectivity index is 2.29. The van der Waals surface area contributed by atoms with Crippen molar-refractivity contribution in [1.82, 2.24) is 5.32 Å². The lowest BCUT2D eigenvalue weighted by Gasteiger charge is -2.30. The van der Waals surface area contributed by atoms with Crippen molar-refractivity contribution in [2.75, 3.05) is 6.54 Å². The highest BCUT2D eigenvalue weighted by molar-refractivity contribution is 4.79. The summed E-state index contributed by atoms with van der Waals surface area (Å²) in [4.78, 5) is 0. The van der Waals surface area contributed by atoms with Gasteiger partial charge in [-0.25, -0.2) is 0 Å².